The van der Waals surface area contributed by atoms with Crippen molar-refractivity contribution in [1.29, 1.82) is 5.26 Å². The molecular weight excluding hydrogens is 633 g/mol. The highest BCUT2D eigenvalue weighted by Gasteiger charge is 2.61. The number of hydrogen-bond donors (Lipinski definition) is 0. The molecule has 1 spiro atoms. The van der Waals surface area contributed by atoms with Gasteiger partial charge in [-0.05, 0) is 142 Å². The highest BCUT2D eigenvalue weighted by Crippen LogP contribution is 2.69. The largest absolute Gasteiger partial charge is 0.208 e. The minimum Gasteiger partial charge on any atom is -0.208 e. The first-order chi connectivity index (χ1) is 25.6. The number of hydrogen-bond acceptors (Lipinski definition) is 4. The quantitative estimate of drug-likeness (QED) is 0.187. The Hall–Kier alpha value is -5.92. The molecule has 4 fully saturated rings. The minimum atomic E-state index is 0.0824. The molecule has 0 atom stereocenters. The van der Waals surface area contributed by atoms with E-state index in [1.54, 1.807) is 5.56 Å². The zero-order valence-corrected chi connectivity index (χ0v) is 28.8. The average molecular weight is 669 g/mol. The fourth-order valence-corrected chi connectivity index (χ4v) is 10.9. The lowest BCUT2D eigenvalue weighted by Gasteiger charge is -2.61. The summed E-state index contributed by atoms with van der Waals surface area (Å²) < 4.78 is 0. The number of aromatic nitrogens is 3. The molecule has 248 valence electrons. The van der Waals surface area contributed by atoms with Crippen molar-refractivity contribution in [3.05, 3.63) is 150 Å². The topological polar surface area (TPSA) is 62.5 Å². The van der Waals surface area contributed by atoms with Gasteiger partial charge in [-0.25, -0.2) is 15.0 Å². The fraction of sp³-hybridized carbons (Fsp3) is 0.208. The monoisotopic (exact) mass is 668 g/mol. The SMILES string of the molecule is N#Cc1ccc(-c2nc(-c3ccc(-c4ccccc4)cc3)nc(-c3ccc4c(c3)-c3cc5ccccc5cc3C43C4CC5CC(C4)CC3C5)n2)cc1. The van der Waals surface area contributed by atoms with E-state index in [1.807, 2.05) is 30.3 Å². The molecule has 0 radical (unpaired) electrons. The van der Waals surface area contributed by atoms with E-state index in [4.69, 9.17) is 15.0 Å². The van der Waals surface area contributed by atoms with Gasteiger partial charge in [0, 0.05) is 22.1 Å². The molecule has 12 rings (SSSR count). The Morgan fingerprint density at radius 1 is 0.462 bits per heavy atom. The molecule has 52 heavy (non-hydrogen) atoms. The van der Waals surface area contributed by atoms with Crippen molar-refractivity contribution in [2.75, 3.05) is 0 Å². The molecule has 0 saturated heterocycles. The van der Waals surface area contributed by atoms with Crippen molar-refractivity contribution in [3.8, 4) is 62.5 Å². The van der Waals surface area contributed by atoms with E-state index in [0.29, 0.717) is 34.9 Å². The van der Waals surface area contributed by atoms with Crippen LogP contribution < -0.4 is 0 Å². The van der Waals surface area contributed by atoms with E-state index in [9.17, 15) is 5.26 Å². The van der Waals surface area contributed by atoms with Crippen LogP contribution in [0.25, 0.3) is 67.2 Å². The summed E-state index contributed by atoms with van der Waals surface area (Å²) in [6.45, 7) is 0. The summed E-state index contributed by atoms with van der Waals surface area (Å²) in [4.78, 5) is 15.3. The third-order valence-electron chi connectivity index (χ3n) is 12.9. The molecular formula is C48H36N4. The maximum Gasteiger partial charge on any atom is 0.164 e. The zero-order chi connectivity index (χ0) is 34.4. The van der Waals surface area contributed by atoms with E-state index in [-0.39, 0.29) is 5.41 Å². The van der Waals surface area contributed by atoms with Crippen molar-refractivity contribution >= 4 is 10.8 Å². The molecule has 4 saturated carbocycles. The molecule has 6 aromatic carbocycles. The molecule has 1 aromatic heterocycles. The van der Waals surface area contributed by atoms with E-state index in [1.165, 1.54) is 65.1 Å². The Balaban J connectivity index is 1.08. The smallest absolute Gasteiger partial charge is 0.164 e. The summed E-state index contributed by atoms with van der Waals surface area (Å²) in [6, 6.07) is 49.6. The lowest BCUT2D eigenvalue weighted by atomic mass is 9.43. The Bertz CT molecular complexity index is 2550. The van der Waals surface area contributed by atoms with Gasteiger partial charge in [-0.2, -0.15) is 5.26 Å². The summed E-state index contributed by atoms with van der Waals surface area (Å²) in [5, 5.41) is 12.1. The molecule has 4 heteroatoms. The molecule has 4 bridgehead atoms. The van der Waals surface area contributed by atoms with Crippen molar-refractivity contribution in [2.45, 2.75) is 37.5 Å². The molecule has 0 aliphatic heterocycles. The van der Waals surface area contributed by atoms with Crippen LogP contribution in [0.5, 0.6) is 0 Å². The fourth-order valence-electron chi connectivity index (χ4n) is 10.9. The third kappa shape index (κ3) is 4.42. The average Bonchev–Trinajstić information content (AvgIpc) is 3.48. The lowest BCUT2D eigenvalue weighted by Crippen LogP contribution is -2.55. The molecule has 0 unspecified atom stereocenters. The predicted molar refractivity (Wildman–Crippen MR) is 207 cm³/mol. The molecule has 5 aliphatic rings. The summed E-state index contributed by atoms with van der Waals surface area (Å²) in [5.74, 6) is 5.07. The van der Waals surface area contributed by atoms with Crippen molar-refractivity contribution < 1.29 is 0 Å². The Labute approximate surface area is 303 Å². The van der Waals surface area contributed by atoms with Gasteiger partial charge in [0.05, 0.1) is 11.6 Å². The first-order valence-electron chi connectivity index (χ1n) is 18.7. The zero-order valence-electron chi connectivity index (χ0n) is 28.8. The highest BCUT2D eigenvalue weighted by molar-refractivity contribution is 5.95. The standard InChI is InChI=1S/C48H36N4/c49-28-29-10-12-34(13-11-29)45-50-46(35-16-14-33(15-17-35)32-6-2-1-3-7-32)52-47(51-45)38-18-19-43-41(26-38)42-25-36-8-4-5-9-37(36)27-44(42)48(43)39-21-30-20-31(23-39)24-40(48)22-30/h1-19,25-27,30-31,39-40H,20-24H2. The maximum absolute atomic E-state index is 9.46. The minimum absolute atomic E-state index is 0.0824. The van der Waals surface area contributed by atoms with Gasteiger partial charge in [-0.3, -0.25) is 0 Å². The molecule has 7 aromatic rings. The summed E-state index contributed by atoms with van der Waals surface area (Å²) >= 11 is 0. The van der Waals surface area contributed by atoms with Crippen LogP contribution in [-0.4, -0.2) is 15.0 Å². The number of nitrogens with zero attached hydrogens (tertiary/aromatic N) is 4. The predicted octanol–water partition coefficient (Wildman–Crippen LogP) is 11.3. The molecule has 0 N–H and O–H groups in total. The van der Waals surface area contributed by atoms with Crippen LogP contribution in [0.4, 0.5) is 0 Å². The first-order valence-corrected chi connectivity index (χ1v) is 18.7. The number of rotatable bonds is 4. The van der Waals surface area contributed by atoms with Gasteiger partial charge < -0.3 is 0 Å². The number of fused-ring (bicyclic) bond motifs is 4. The van der Waals surface area contributed by atoms with Crippen molar-refractivity contribution in [2.24, 2.45) is 23.7 Å². The van der Waals surface area contributed by atoms with E-state index < -0.39 is 0 Å². The molecule has 0 amide bonds. The Kier molecular flexibility index (Phi) is 6.47. The van der Waals surface area contributed by atoms with Crippen LogP contribution in [0.1, 0.15) is 48.8 Å². The van der Waals surface area contributed by atoms with Gasteiger partial charge in [-0.1, -0.05) is 91.0 Å². The van der Waals surface area contributed by atoms with Gasteiger partial charge in [-0.15, -0.1) is 0 Å². The van der Waals surface area contributed by atoms with Gasteiger partial charge in [0.1, 0.15) is 0 Å². The lowest BCUT2D eigenvalue weighted by molar-refractivity contribution is -0.0398. The normalized spacial score (nSPS) is 23.4. The van der Waals surface area contributed by atoms with E-state index >= 15 is 0 Å². The van der Waals surface area contributed by atoms with Crippen LogP contribution in [0, 0.1) is 35.0 Å². The van der Waals surface area contributed by atoms with Gasteiger partial charge in [0.2, 0.25) is 0 Å². The van der Waals surface area contributed by atoms with Crippen LogP contribution in [0.15, 0.2) is 133 Å². The summed E-state index contributed by atoms with van der Waals surface area (Å²) in [5.41, 5.74) is 11.6. The second-order valence-corrected chi connectivity index (χ2v) is 15.6. The van der Waals surface area contributed by atoms with E-state index in [0.717, 1.165) is 34.1 Å². The highest BCUT2D eigenvalue weighted by atomic mass is 15.0. The third-order valence-corrected chi connectivity index (χ3v) is 12.9. The second kappa shape index (κ2) is 11.3. The van der Waals surface area contributed by atoms with Crippen LogP contribution in [0.2, 0.25) is 0 Å². The van der Waals surface area contributed by atoms with Crippen LogP contribution >= 0.6 is 0 Å². The van der Waals surface area contributed by atoms with Gasteiger partial charge in [0.25, 0.3) is 0 Å². The maximum atomic E-state index is 9.46. The Morgan fingerprint density at radius 2 is 0.962 bits per heavy atom. The summed E-state index contributed by atoms with van der Waals surface area (Å²) in [6.07, 6.45) is 6.86. The molecule has 5 aliphatic carbocycles. The van der Waals surface area contributed by atoms with Gasteiger partial charge >= 0.3 is 0 Å². The van der Waals surface area contributed by atoms with Crippen LogP contribution in [-0.2, 0) is 5.41 Å². The number of benzene rings is 6. The van der Waals surface area contributed by atoms with E-state index in [2.05, 4.69) is 109 Å². The molecule has 1 heterocycles. The second-order valence-electron chi connectivity index (χ2n) is 15.6. The molecule has 4 nitrogen and oxygen atoms in total. The van der Waals surface area contributed by atoms with Crippen molar-refractivity contribution in [3.63, 3.8) is 0 Å². The van der Waals surface area contributed by atoms with Crippen LogP contribution in [0.3, 0.4) is 0 Å². The summed E-state index contributed by atoms with van der Waals surface area (Å²) in [7, 11) is 0. The van der Waals surface area contributed by atoms with Crippen molar-refractivity contribution in [1.82, 2.24) is 15.0 Å². The van der Waals surface area contributed by atoms with Gasteiger partial charge in [0.15, 0.2) is 17.5 Å². The Morgan fingerprint density at radius 3 is 1.60 bits per heavy atom. The first kappa shape index (κ1) is 29.8. The number of nitriles is 1.